The van der Waals surface area contributed by atoms with Crippen molar-refractivity contribution in [3.8, 4) is 11.5 Å². The zero-order chi connectivity index (χ0) is 26.5. The summed E-state index contributed by atoms with van der Waals surface area (Å²) < 4.78 is 26.6. The van der Waals surface area contributed by atoms with Crippen LogP contribution in [0.25, 0.3) is 11.0 Å². The van der Waals surface area contributed by atoms with E-state index in [1.807, 2.05) is 23.1 Å². The minimum atomic E-state index is -0.249. The van der Waals surface area contributed by atoms with Crippen molar-refractivity contribution < 1.29 is 23.8 Å². The van der Waals surface area contributed by atoms with Crippen LogP contribution < -0.4 is 9.47 Å². The fraction of sp³-hybridized carbons (Fsp3) is 0.310. The molecule has 1 N–H and O–H groups in total. The molecule has 38 heavy (non-hydrogen) atoms. The van der Waals surface area contributed by atoms with Crippen LogP contribution in [0, 0.1) is 5.82 Å². The second-order valence-electron chi connectivity index (χ2n) is 9.32. The number of methoxy groups -OCH3 is 1. The quantitative estimate of drug-likeness (QED) is 0.366. The van der Waals surface area contributed by atoms with Crippen molar-refractivity contribution in [1.29, 1.82) is 0 Å². The molecule has 8 nitrogen and oxygen atoms in total. The number of carbonyl (C=O) groups excluding carboxylic acids is 1. The molecule has 0 unspecified atom stereocenters. The molecule has 4 aromatic rings. The van der Waals surface area contributed by atoms with E-state index in [1.165, 1.54) is 19.2 Å². The molecule has 1 aromatic heterocycles. The van der Waals surface area contributed by atoms with Crippen molar-refractivity contribution in [3.63, 3.8) is 0 Å². The Morgan fingerprint density at radius 3 is 2.42 bits per heavy atom. The van der Waals surface area contributed by atoms with Crippen LogP contribution in [-0.4, -0.2) is 70.3 Å². The van der Waals surface area contributed by atoms with E-state index < -0.39 is 0 Å². The number of aliphatic hydroxyl groups is 1. The van der Waals surface area contributed by atoms with Gasteiger partial charge in [0.05, 0.1) is 31.3 Å². The van der Waals surface area contributed by atoms with Gasteiger partial charge in [-0.1, -0.05) is 30.3 Å². The number of carbonyl (C=O) groups is 1. The minimum absolute atomic E-state index is 0.0811. The number of hydrogen-bond donors (Lipinski definition) is 1. The molecule has 0 atom stereocenters. The summed E-state index contributed by atoms with van der Waals surface area (Å²) in [5.74, 6) is 1.56. The number of aliphatic hydroxyl groups excluding tert-OH is 1. The van der Waals surface area contributed by atoms with E-state index in [0.29, 0.717) is 43.2 Å². The number of rotatable bonds is 9. The standard InChI is InChI=1S/C29H31FN4O4/c1-37-27-16-22(19-35)8-11-26(27)38-20-29(36)33-14-12-32(13-15-33)18-28-31-24-4-2-3-5-25(24)34(28)17-21-6-9-23(30)10-7-21/h2-11,16,35H,12-15,17-20H2,1H3. The summed E-state index contributed by atoms with van der Waals surface area (Å²) in [5, 5.41) is 9.30. The van der Waals surface area contributed by atoms with Crippen LogP contribution in [0.3, 0.4) is 0 Å². The summed E-state index contributed by atoms with van der Waals surface area (Å²) in [4.78, 5) is 21.8. The summed E-state index contributed by atoms with van der Waals surface area (Å²) in [6.07, 6.45) is 0. The van der Waals surface area contributed by atoms with E-state index in [-0.39, 0.29) is 24.9 Å². The number of para-hydroxylation sites is 2. The minimum Gasteiger partial charge on any atom is -0.493 e. The molecule has 198 valence electrons. The van der Waals surface area contributed by atoms with Crippen LogP contribution in [-0.2, 0) is 24.5 Å². The first-order valence-corrected chi connectivity index (χ1v) is 12.6. The molecule has 1 amide bonds. The van der Waals surface area contributed by atoms with Crippen LogP contribution >= 0.6 is 0 Å². The third kappa shape index (κ3) is 5.79. The maximum absolute atomic E-state index is 13.4. The summed E-state index contributed by atoms with van der Waals surface area (Å²) in [7, 11) is 1.53. The molecular formula is C29H31FN4O4. The van der Waals surface area contributed by atoms with E-state index in [1.54, 1.807) is 30.3 Å². The first-order chi connectivity index (χ1) is 18.5. The highest BCUT2D eigenvalue weighted by atomic mass is 19.1. The molecule has 9 heteroatoms. The Morgan fingerprint density at radius 2 is 1.68 bits per heavy atom. The van der Waals surface area contributed by atoms with Crippen molar-refractivity contribution in [1.82, 2.24) is 19.4 Å². The monoisotopic (exact) mass is 518 g/mol. The normalized spacial score (nSPS) is 14.1. The van der Waals surface area contributed by atoms with Crippen molar-refractivity contribution >= 4 is 16.9 Å². The van der Waals surface area contributed by atoms with E-state index in [2.05, 4.69) is 15.5 Å². The number of amides is 1. The zero-order valence-electron chi connectivity index (χ0n) is 21.3. The number of benzene rings is 3. The SMILES string of the molecule is COc1cc(CO)ccc1OCC(=O)N1CCN(Cc2nc3ccccc3n2Cc2ccc(F)cc2)CC1. The first kappa shape index (κ1) is 25.7. The molecule has 1 fully saturated rings. The summed E-state index contributed by atoms with van der Waals surface area (Å²) in [5.41, 5.74) is 3.69. The topological polar surface area (TPSA) is 80.1 Å². The molecule has 0 radical (unpaired) electrons. The van der Waals surface area contributed by atoms with E-state index in [4.69, 9.17) is 14.5 Å². The summed E-state index contributed by atoms with van der Waals surface area (Å²) in [6, 6.07) is 19.7. The number of imidazole rings is 1. The number of halogens is 1. The van der Waals surface area contributed by atoms with Gasteiger partial charge in [0, 0.05) is 32.7 Å². The highest BCUT2D eigenvalue weighted by molar-refractivity contribution is 5.78. The Morgan fingerprint density at radius 1 is 0.947 bits per heavy atom. The molecule has 0 aliphatic carbocycles. The van der Waals surface area contributed by atoms with Crippen LogP contribution in [0.5, 0.6) is 11.5 Å². The van der Waals surface area contributed by atoms with Gasteiger partial charge in [0.25, 0.3) is 5.91 Å². The van der Waals surface area contributed by atoms with E-state index in [9.17, 15) is 14.3 Å². The van der Waals surface area contributed by atoms with E-state index in [0.717, 1.165) is 35.5 Å². The number of aromatic nitrogens is 2. The van der Waals surface area contributed by atoms with Gasteiger partial charge in [0.1, 0.15) is 11.6 Å². The van der Waals surface area contributed by atoms with Gasteiger partial charge in [-0.3, -0.25) is 9.69 Å². The Balaban J connectivity index is 1.20. The van der Waals surface area contributed by atoms with Crippen LogP contribution in [0.15, 0.2) is 66.7 Å². The lowest BCUT2D eigenvalue weighted by Gasteiger charge is -2.34. The number of ether oxygens (including phenoxy) is 2. The maximum Gasteiger partial charge on any atom is 0.260 e. The van der Waals surface area contributed by atoms with Gasteiger partial charge in [0.2, 0.25) is 0 Å². The molecule has 3 aromatic carbocycles. The lowest BCUT2D eigenvalue weighted by atomic mass is 10.2. The van der Waals surface area contributed by atoms with Gasteiger partial charge in [-0.25, -0.2) is 9.37 Å². The van der Waals surface area contributed by atoms with Gasteiger partial charge < -0.3 is 24.0 Å². The van der Waals surface area contributed by atoms with Gasteiger partial charge in [0.15, 0.2) is 18.1 Å². The first-order valence-electron chi connectivity index (χ1n) is 12.6. The predicted molar refractivity (Wildman–Crippen MR) is 142 cm³/mol. The summed E-state index contributed by atoms with van der Waals surface area (Å²) >= 11 is 0. The van der Waals surface area contributed by atoms with Crippen LogP contribution in [0.1, 0.15) is 17.0 Å². The van der Waals surface area contributed by atoms with Crippen molar-refractivity contribution in [2.24, 2.45) is 0 Å². The van der Waals surface area contributed by atoms with Crippen LogP contribution in [0.4, 0.5) is 4.39 Å². The Bertz CT molecular complexity index is 1400. The zero-order valence-corrected chi connectivity index (χ0v) is 21.3. The highest BCUT2D eigenvalue weighted by Gasteiger charge is 2.23. The fourth-order valence-corrected chi connectivity index (χ4v) is 4.71. The molecule has 5 rings (SSSR count). The number of piperazine rings is 1. The van der Waals surface area contributed by atoms with Crippen LogP contribution in [0.2, 0.25) is 0 Å². The molecule has 1 aliphatic rings. The summed E-state index contributed by atoms with van der Waals surface area (Å²) in [6.45, 7) is 3.73. The highest BCUT2D eigenvalue weighted by Crippen LogP contribution is 2.28. The molecule has 1 saturated heterocycles. The number of hydrogen-bond acceptors (Lipinski definition) is 6. The lowest BCUT2D eigenvalue weighted by molar-refractivity contribution is -0.135. The third-order valence-electron chi connectivity index (χ3n) is 6.84. The maximum atomic E-state index is 13.4. The smallest absolute Gasteiger partial charge is 0.260 e. The van der Waals surface area contributed by atoms with E-state index >= 15 is 0 Å². The largest absolute Gasteiger partial charge is 0.493 e. The number of nitrogens with zero attached hydrogens (tertiary/aromatic N) is 4. The third-order valence-corrected chi connectivity index (χ3v) is 6.84. The Hall–Kier alpha value is -3.95. The average Bonchev–Trinajstić information content (AvgIpc) is 3.29. The number of fused-ring (bicyclic) bond motifs is 1. The molecule has 1 aliphatic heterocycles. The van der Waals surface area contributed by atoms with Gasteiger partial charge in [-0.2, -0.15) is 0 Å². The fourth-order valence-electron chi connectivity index (χ4n) is 4.71. The molecule has 0 bridgehead atoms. The lowest BCUT2D eigenvalue weighted by Crippen LogP contribution is -2.49. The Labute approximate surface area is 220 Å². The molecule has 2 heterocycles. The van der Waals surface area contributed by atoms with Crippen molar-refractivity contribution in [2.45, 2.75) is 19.7 Å². The van der Waals surface area contributed by atoms with Gasteiger partial charge in [-0.15, -0.1) is 0 Å². The van der Waals surface area contributed by atoms with Gasteiger partial charge >= 0.3 is 0 Å². The molecular weight excluding hydrogens is 487 g/mol. The average molecular weight is 519 g/mol. The van der Waals surface area contributed by atoms with Crippen molar-refractivity contribution in [2.75, 3.05) is 39.9 Å². The van der Waals surface area contributed by atoms with Gasteiger partial charge in [-0.05, 0) is 47.5 Å². The second kappa shape index (κ2) is 11.6. The van der Waals surface area contributed by atoms with Crippen molar-refractivity contribution in [3.05, 3.63) is 89.5 Å². The second-order valence-corrected chi connectivity index (χ2v) is 9.32. The predicted octanol–water partition coefficient (Wildman–Crippen LogP) is 3.45. The molecule has 0 spiro atoms. The Kier molecular flexibility index (Phi) is 7.86. The molecule has 0 saturated carbocycles.